The molecule has 0 saturated carbocycles. The van der Waals surface area contributed by atoms with Gasteiger partial charge in [0.05, 0.1) is 5.75 Å². The van der Waals surface area contributed by atoms with E-state index in [4.69, 9.17) is 0 Å². The van der Waals surface area contributed by atoms with Gasteiger partial charge in [0.2, 0.25) is 11.8 Å². The molecule has 0 aliphatic heterocycles. The molecule has 1 atom stereocenters. The van der Waals surface area contributed by atoms with Crippen LogP contribution in [-0.4, -0.2) is 34.6 Å². The largest absolute Gasteiger partial charge is 0.352 e. The van der Waals surface area contributed by atoms with Crippen LogP contribution in [0.3, 0.4) is 0 Å². The molecule has 3 aromatic rings. The van der Waals surface area contributed by atoms with Crippen molar-refractivity contribution in [3.05, 3.63) is 106 Å². The van der Waals surface area contributed by atoms with Gasteiger partial charge in [-0.1, -0.05) is 88.2 Å². The lowest BCUT2D eigenvalue weighted by Crippen LogP contribution is -2.52. The lowest BCUT2D eigenvalue weighted by molar-refractivity contribution is -0.139. The van der Waals surface area contributed by atoms with E-state index in [-0.39, 0.29) is 17.9 Å². The highest BCUT2D eigenvalue weighted by Gasteiger charge is 2.30. The fourth-order valence-corrected chi connectivity index (χ4v) is 5.00. The van der Waals surface area contributed by atoms with Gasteiger partial charge in [-0.3, -0.25) is 9.59 Å². The number of hydrogen-bond acceptors (Lipinski definition) is 3. The van der Waals surface area contributed by atoms with Crippen LogP contribution < -0.4 is 5.32 Å². The Bertz CT molecular complexity index is 1100. The molecule has 35 heavy (non-hydrogen) atoms. The van der Waals surface area contributed by atoms with Gasteiger partial charge in [-0.15, -0.1) is 11.8 Å². The summed E-state index contributed by atoms with van der Waals surface area (Å²) in [6.07, 6.45) is 0.467. The standard InChI is InChI=1S/C29H33BrN2O2S/c1-21(2)31-29(34)27(17-23-9-5-4-6-10-23)32(18-25-11-7-8-22(3)16-25)28(33)20-35-19-24-12-14-26(30)15-13-24/h4-16,21,27H,17-20H2,1-3H3,(H,31,34). The van der Waals surface area contributed by atoms with Crippen molar-refractivity contribution in [2.45, 2.75) is 51.6 Å². The summed E-state index contributed by atoms with van der Waals surface area (Å²) < 4.78 is 1.03. The molecule has 3 aromatic carbocycles. The van der Waals surface area contributed by atoms with Gasteiger partial charge in [0.1, 0.15) is 6.04 Å². The summed E-state index contributed by atoms with van der Waals surface area (Å²) >= 11 is 5.03. The monoisotopic (exact) mass is 552 g/mol. The van der Waals surface area contributed by atoms with E-state index in [1.54, 1.807) is 16.7 Å². The van der Waals surface area contributed by atoms with E-state index in [1.807, 2.05) is 81.4 Å². The molecule has 0 saturated heterocycles. The molecule has 0 aromatic heterocycles. The van der Waals surface area contributed by atoms with Gasteiger partial charge >= 0.3 is 0 Å². The third kappa shape index (κ3) is 8.86. The third-order valence-corrected chi connectivity index (χ3v) is 7.06. The van der Waals surface area contributed by atoms with Crippen molar-refractivity contribution in [3.63, 3.8) is 0 Å². The minimum absolute atomic E-state index is 0.0107. The Morgan fingerprint density at radius 1 is 0.914 bits per heavy atom. The fraction of sp³-hybridized carbons (Fsp3) is 0.310. The quantitative estimate of drug-likeness (QED) is 0.310. The smallest absolute Gasteiger partial charge is 0.243 e. The first kappa shape index (κ1) is 27.0. The highest BCUT2D eigenvalue weighted by Crippen LogP contribution is 2.20. The fourth-order valence-electron chi connectivity index (χ4n) is 3.86. The van der Waals surface area contributed by atoms with Gasteiger partial charge in [-0.05, 0) is 49.6 Å². The number of rotatable bonds is 11. The molecule has 0 fully saturated rings. The molecule has 0 aliphatic rings. The van der Waals surface area contributed by atoms with Gasteiger partial charge in [-0.25, -0.2) is 0 Å². The molecule has 0 aliphatic carbocycles. The Hall–Kier alpha value is -2.57. The molecule has 0 radical (unpaired) electrons. The second-order valence-electron chi connectivity index (χ2n) is 9.00. The van der Waals surface area contributed by atoms with Crippen LogP contribution in [0.2, 0.25) is 0 Å². The predicted octanol–water partition coefficient (Wildman–Crippen LogP) is 6.16. The first-order valence-electron chi connectivity index (χ1n) is 11.8. The van der Waals surface area contributed by atoms with Crippen LogP contribution in [0, 0.1) is 6.92 Å². The van der Waals surface area contributed by atoms with Gasteiger partial charge in [0.25, 0.3) is 0 Å². The van der Waals surface area contributed by atoms with Crippen molar-refractivity contribution >= 4 is 39.5 Å². The SMILES string of the molecule is Cc1cccc(CN(C(=O)CSCc2ccc(Br)cc2)C(Cc2ccccc2)C(=O)NC(C)C)c1. The summed E-state index contributed by atoms with van der Waals surface area (Å²) in [5, 5.41) is 3.04. The number of aryl methyl sites for hydroxylation is 1. The Kier molecular flexibility index (Phi) is 10.4. The number of benzene rings is 3. The minimum Gasteiger partial charge on any atom is -0.352 e. The van der Waals surface area contributed by atoms with Gasteiger partial charge in [0.15, 0.2) is 0 Å². The maximum Gasteiger partial charge on any atom is 0.243 e. The number of hydrogen-bond donors (Lipinski definition) is 1. The maximum atomic E-state index is 13.6. The number of nitrogens with one attached hydrogen (secondary N) is 1. The highest BCUT2D eigenvalue weighted by atomic mass is 79.9. The minimum atomic E-state index is -0.596. The first-order chi connectivity index (χ1) is 16.8. The van der Waals surface area contributed by atoms with Gasteiger partial charge in [-0.2, -0.15) is 0 Å². The van der Waals surface area contributed by atoms with Gasteiger partial charge < -0.3 is 10.2 Å². The Labute approximate surface area is 221 Å². The molecule has 4 nitrogen and oxygen atoms in total. The molecular formula is C29H33BrN2O2S. The topological polar surface area (TPSA) is 49.4 Å². The Morgan fingerprint density at radius 3 is 2.26 bits per heavy atom. The number of carbonyl (C=O) groups is 2. The summed E-state index contributed by atoms with van der Waals surface area (Å²) in [6.45, 7) is 6.32. The zero-order chi connectivity index (χ0) is 25.2. The van der Waals surface area contributed by atoms with E-state index in [9.17, 15) is 9.59 Å². The zero-order valence-corrected chi connectivity index (χ0v) is 22.9. The average molecular weight is 554 g/mol. The molecule has 0 bridgehead atoms. The van der Waals surface area contributed by atoms with Crippen molar-refractivity contribution < 1.29 is 9.59 Å². The van der Waals surface area contributed by atoms with Crippen molar-refractivity contribution in [3.8, 4) is 0 Å². The number of halogens is 1. The number of amides is 2. The summed E-state index contributed by atoms with van der Waals surface area (Å²) in [7, 11) is 0. The summed E-state index contributed by atoms with van der Waals surface area (Å²) in [4.78, 5) is 28.7. The van der Waals surface area contributed by atoms with Crippen molar-refractivity contribution in [2.75, 3.05) is 5.75 Å². The summed E-state index contributed by atoms with van der Waals surface area (Å²) in [5.41, 5.74) is 4.34. The second kappa shape index (κ2) is 13.5. The van der Waals surface area contributed by atoms with E-state index < -0.39 is 6.04 Å². The molecule has 0 spiro atoms. The van der Waals surface area contributed by atoms with Crippen LogP contribution in [0.1, 0.15) is 36.1 Å². The summed E-state index contributed by atoms with van der Waals surface area (Å²) in [5.74, 6) is 0.886. The molecule has 2 amide bonds. The second-order valence-corrected chi connectivity index (χ2v) is 10.9. The van der Waals surface area contributed by atoms with Crippen molar-refractivity contribution in [1.82, 2.24) is 10.2 Å². The van der Waals surface area contributed by atoms with E-state index in [2.05, 4.69) is 39.4 Å². The predicted molar refractivity (Wildman–Crippen MR) is 149 cm³/mol. The molecule has 0 heterocycles. The van der Waals surface area contributed by atoms with Crippen LogP contribution in [0.5, 0.6) is 0 Å². The van der Waals surface area contributed by atoms with Gasteiger partial charge in [0, 0.05) is 29.2 Å². The molecule has 184 valence electrons. The van der Waals surface area contributed by atoms with Crippen LogP contribution in [0.4, 0.5) is 0 Å². The molecule has 3 rings (SSSR count). The third-order valence-electron chi connectivity index (χ3n) is 5.54. The normalized spacial score (nSPS) is 11.8. The Morgan fingerprint density at radius 2 is 1.60 bits per heavy atom. The number of thioether (sulfide) groups is 1. The lowest BCUT2D eigenvalue weighted by atomic mass is 10.0. The molecular weight excluding hydrogens is 520 g/mol. The first-order valence-corrected chi connectivity index (χ1v) is 13.8. The zero-order valence-electron chi connectivity index (χ0n) is 20.5. The molecule has 1 N–H and O–H groups in total. The van der Waals surface area contributed by atoms with Crippen LogP contribution >= 0.6 is 27.7 Å². The van der Waals surface area contributed by atoms with Crippen LogP contribution in [-0.2, 0) is 28.3 Å². The number of nitrogens with zero attached hydrogens (tertiary/aromatic N) is 1. The summed E-state index contributed by atoms with van der Waals surface area (Å²) in [6, 6.07) is 25.6. The van der Waals surface area contributed by atoms with E-state index in [0.29, 0.717) is 18.7 Å². The Balaban J connectivity index is 1.84. The van der Waals surface area contributed by atoms with Crippen molar-refractivity contribution in [1.29, 1.82) is 0 Å². The molecule has 6 heteroatoms. The van der Waals surface area contributed by atoms with E-state index in [0.717, 1.165) is 32.5 Å². The maximum absolute atomic E-state index is 13.6. The van der Waals surface area contributed by atoms with E-state index in [1.165, 1.54) is 0 Å². The highest BCUT2D eigenvalue weighted by molar-refractivity contribution is 9.10. The average Bonchev–Trinajstić information content (AvgIpc) is 2.82. The van der Waals surface area contributed by atoms with Crippen molar-refractivity contribution in [2.24, 2.45) is 0 Å². The van der Waals surface area contributed by atoms with Crippen LogP contribution in [0.15, 0.2) is 83.3 Å². The van der Waals surface area contributed by atoms with E-state index >= 15 is 0 Å². The lowest BCUT2D eigenvalue weighted by Gasteiger charge is -2.32. The van der Waals surface area contributed by atoms with Crippen LogP contribution in [0.25, 0.3) is 0 Å². The molecule has 1 unspecified atom stereocenters. The number of carbonyl (C=O) groups excluding carboxylic acids is 2.